The molecule has 0 saturated carbocycles. The first kappa shape index (κ1) is 14.3. The number of alkyl halides is 3. The molecule has 0 unspecified atom stereocenters. The van der Waals surface area contributed by atoms with Crippen LogP contribution in [-0.2, 0) is 6.18 Å². The van der Waals surface area contributed by atoms with Gasteiger partial charge in [-0.1, -0.05) is 11.6 Å². The van der Waals surface area contributed by atoms with Gasteiger partial charge < -0.3 is 5.32 Å². The zero-order chi connectivity index (χ0) is 14.0. The topological polar surface area (TPSA) is 37.8 Å². The van der Waals surface area contributed by atoms with E-state index < -0.39 is 11.7 Å². The molecule has 1 heterocycles. The molecule has 3 nitrogen and oxygen atoms in total. The van der Waals surface area contributed by atoms with E-state index in [-0.39, 0.29) is 11.0 Å². The maximum Gasteiger partial charge on any atom is 0.416 e. The summed E-state index contributed by atoms with van der Waals surface area (Å²) in [7, 11) is 0. The molecule has 0 radical (unpaired) electrons. The molecule has 0 amide bonds. The van der Waals surface area contributed by atoms with Gasteiger partial charge in [-0.15, -0.1) is 0 Å². The van der Waals surface area contributed by atoms with E-state index in [1.165, 1.54) is 6.07 Å². The number of anilines is 2. The SMILES string of the molecule is FC(F)(F)c1ccc(Nc2ncc(I)cn2)c(Cl)c1. The predicted octanol–water partition coefficient (Wildman–Crippen LogP) is 4.50. The summed E-state index contributed by atoms with van der Waals surface area (Å²) in [5.41, 5.74) is -0.484. The summed E-state index contributed by atoms with van der Waals surface area (Å²) < 4.78 is 38.2. The third-order valence-electron chi connectivity index (χ3n) is 2.16. The van der Waals surface area contributed by atoms with Crippen LogP contribution < -0.4 is 5.32 Å². The van der Waals surface area contributed by atoms with Crippen LogP contribution in [0.5, 0.6) is 0 Å². The Morgan fingerprint density at radius 3 is 2.32 bits per heavy atom. The van der Waals surface area contributed by atoms with Gasteiger partial charge in [-0.25, -0.2) is 9.97 Å². The molecule has 0 spiro atoms. The van der Waals surface area contributed by atoms with E-state index in [1.54, 1.807) is 12.4 Å². The van der Waals surface area contributed by atoms with Crippen LogP contribution >= 0.6 is 34.2 Å². The molecule has 19 heavy (non-hydrogen) atoms. The number of hydrogen-bond donors (Lipinski definition) is 1. The van der Waals surface area contributed by atoms with E-state index in [2.05, 4.69) is 15.3 Å². The molecule has 1 N–H and O–H groups in total. The number of rotatable bonds is 2. The van der Waals surface area contributed by atoms with Gasteiger partial charge in [0.25, 0.3) is 0 Å². The Balaban J connectivity index is 2.24. The molecular formula is C11H6ClF3IN3. The van der Waals surface area contributed by atoms with E-state index in [9.17, 15) is 13.2 Å². The highest BCUT2D eigenvalue weighted by atomic mass is 127. The molecule has 2 aromatic rings. The summed E-state index contributed by atoms with van der Waals surface area (Å²) in [4.78, 5) is 7.95. The van der Waals surface area contributed by atoms with E-state index in [1.807, 2.05) is 22.6 Å². The lowest BCUT2D eigenvalue weighted by molar-refractivity contribution is -0.137. The molecule has 0 aliphatic carbocycles. The van der Waals surface area contributed by atoms with E-state index in [0.29, 0.717) is 5.69 Å². The van der Waals surface area contributed by atoms with E-state index in [4.69, 9.17) is 11.6 Å². The van der Waals surface area contributed by atoms with E-state index >= 15 is 0 Å². The highest BCUT2D eigenvalue weighted by Gasteiger charge is 2.30. The fraction of sp³-hybridized carbons (Fsp3) is 0.0909. The number of nitrogens with zero attached hydrogens (tertiary/aromatic N) is 2. The minimum atomic E-state index is -4.42. The van der Waals surface area contributed by atoms with E-state index in [0.717, 1.165) is 15.7 Å². The molecular weight excluding hydrogens is 393 g/mol. The zero-order valence-corrected chi connectivity index (χ0v) is 12.1. The van der Waals surface area contributed by atoms with Crippen molar-refractivity contribution < 1.29 is 13.2 Å². The monoisotopic (exact) mass is 399 g/mol. The van der Waals surface area contributed by atoms with Crippen molar-refractivity contribution in [1.29, 1.82) is 0 Å². The van der Waals surface area contributed by atoms with Crippen LogP contribution in [0.25, 0.3) is 0 Å². The molecule has 100 valence electrons. The van der Waals surface area contributed by atoms with Gasteiger partial charge in [-0.2, -0.15) is 13.2 Å². The molecule has 1 aromatic carbocycles. The quantitative estimate of drug-likeness (QED) is 0.756. The first-order valence-electron chi connectivity index (χ1n) is 4.97. The van der Waals surface area contributed by atoms with Gasteiger partial charge in [-0.3, -0.25) is 0 Å². The Labute approximate surface area is 125 Å². The minimum Gasteiger partial charge on any atom is -0.323 e. The van der Waals surface area contributed by atoms with Crippen molar-refractivity contribution >= 4 is 45.8 Å². The van der Waals surface area contributed by atoms with Gasteiger partial charge in [0.15, 0.2) is 0 Å². The van der Waals surface area contributed by atoms with Crippen molar-refractivity contribution in [3.8, 4) is 0 Å². The minimum absolute atomic E-state index is 0.0445. The predicted molar refractivity (Wildman–Crippen MR) is 74.5 cm³/mol. The molecule has 2 rings (SSSR count). The maximum absolute atomic E-state index is 12.5. The molecule has 0 bridgehead atoms. The Morgan fingerprint density at radius 2 is 1.79 bits per heavy atom. The Kier molecular flexibility index (Phi) is 4.14. The smallest absolute Gasteiger partial charge is 0.323 e. The van der Waals surface area contributed by atoms with Crippen LogP contribution in [0, 0.1) is 3.57 Å². The zero-order valence-electron chi connectivity index (χ0n) is 9.17. The number of aromatic nitrogens is 2. The molecule has 0 atom stereocenters. The summed E-state index contributed by atoms with van der Waals surface area (Å²) in [5, 5.41) is 2.71. The number of benzene rings is 1. The summed E-state index contributed by atoms with van der Waals surface area (Å²) in [6.45, 7) is 0. The average Bonchev–Trinajstić information content (AvgIpc) is 2.33. The largest absolute Gasteiger partial charge is 0.416 e. The molecule has 0 fully saturated rings. The summed E-state index contributed by atoms with van der Waals surface area (Å²) in [6, 6.07) is 3.05. The average molecular weight is 400 g/mol. The highest BCUT2D eigenvalue weighted by Crippen LogP contribution is 2.34. The van der Waals surface area contributed by atoms with Gasteiger partial charge in [0, 0.05) is 16.0 Å². The van der Waals surface area contributed by atoms with Gasteiger partial charge in [0.2, 0.25) is 5.95 Å². The van der Waals surface area contributed by atoms with Crippen molar-refractivity contribution in [2.75, 3.05) is 5.32 Å². The number of hydrogen-bond acceptors (Lipinski definition) is 3. The van der Waals surface area contributed by atoms with Crippen molar-refractivity contribution in [1.82, 2.24) is 9.97 Å². The number of halogens is 5. The lowest BCUT2D eigenvalue weighted by Gasteiger charge is -2.10. The van der Waals surface area contributed by atoms with Crippen molar-refractivity contribution in [3.63, 3.8) is 0 Å². The lowest BCUT2D eigenvalue weighted by Crippen LogP contribution is -2.05. The van der Waals surface area contributed by atoms with Crippen LogP contribution in [0.15, 0.2) is 30.6 Å². The van der Waals surface area contributed by atoms with Crippen molar-refractivity contribution in [2.24, 2.45) is 0 Å². The molecule has 0 aliphatic heterocycles. The van der Waals surface area contributed by atoms with Gasteiger partial charge in [-0.05, 0) is 40.8 Å². The summed E-state index contributed by atoms with van der Waals surface area (Å²) >= 11 is 7.84. The second-order valence-electron chi connectivity index (χ2n) is 3.54. The van der Waals surface area contributed by atoms with Gasteiger partial charge in [0.05, 0.1) is 16.3 Å². The molecule has 0 aliphatic rings. The first-order valence-corrected chi connectivity index (χ1v) is 6.43. The molecule has 8 heteroatoms. The Bertz CT molecular complexity index is 587. The number of nitrogens with one attached hydrogen (secondary N) is 1. The van der Waals surface area contributed by atoms with Crippen LogP contribution in [0.1, 0.15) is 5.56 Å². The highest BCUT2D eigenvalue weighted by molar-refractivity contribution is 14.1. The Hall–Kier alpha value is -1.09. The summed E-state index contributed by atoms with van der Waals surface area (Å²) in [6.07, 6.45) is -1.26. The summed E-state index contributed by atoms with van der Waals surface area (Å²) in [5.74, 6) is 0.266. The third kappa shape index (κ3) is 3.69. The standard InChI is InChI=1S/C11H6ClF3IN3/c12-8-3-6(11(13,14)15)1-2-9(8)19-10-17-4-7(16)5-18-10/h1-5H,(H,17,18,19). The maximum atomic E-state index is 12.5. The normalized spacial score (nSPS) is 11.4. The van der Waals surface area contributed by atoms with Crippen molar-refractivity contribution in [3.05, 3.63) is 44.7 Å². The molecule has 1 aromatic heterocycles. The second kappa shape index (κ2) is 5.49. The fourth-order valence-corrected chi connectivity index (χ4v) is 1.80. The first-order chi connectivity index (χ1) is 8.86. The van der Waals surface area contributed by atoms with Gasteiger partial charge >= 0.3 is 6.18 Å². The van der Waals surface area contributed by atoms with Crippen LogP contribution in [0.4, 0.5) is 24.8 Å². The van der Waals surface area contributed by atoms with Crippen LogP contribution in [0.3, 0.4) is 0 Å². The Morgan fingerprint density at radius 1 is 1.16 bits per heavy atom. The fourth-order valence-electron chi connectivity index (χ4n) is 1.29. The second-order valence-corrected chi connectivity index (χ2v) is 5.20. The van der Waals surface area contributed by atoms with Crippen LogP contribution in [-0.4, -0.2) is 9.97 Å². The van der Waals surface area contributed by atoms with Crippen LogP contribution in [0.2, 0.25) is 5.02 Å². The van der Waals surface area contributed by atoms with Gasteiger partial charge in [0.1, 0.15) is 0 Å². The van der Waals surface area contributed by atoms with Crippen molar-refractivity contribution in [2.45, 2.75) is 6.18 Å². The lowest BCUT2D eigenvalue weighted by atomic mass is 10.2. The molecule has 0 saturated heterocycles. The third-order valence-corrected chi connectivity index (χ3v) is 3.03.